The molecule has 3 aromatic carbocycles. The molecule has 0 heterocycles. The van der Waals surface area contributed by atoms with E-state index in [1.165, 1.54) is 24.4 Å². The summed E-state index contributed by atoms with van der Waals surface area (Å²) < 4.78 is 25.3. The number of benzene rings is 3. The quantitative estimate of drug-likeness (QED) is 0.227. The second-order valence-electron chi connectivity index (χ2n) is 6.39. The molecule has 0 unspecified atom stereocenters. The van der Waals surface area contributed by atoms with Gasteiger partial charge in [-0.25, -0.2) is 14.6 Å². The number of nitrogens with zero attached hydrogens (tertiary/aromatic N) is 1. The molecule has 0 spiro atoms. The van der Waals surface area contributed by atoms with Gasteiger partial charge in [-0.1, -0.05) is 28.1 Å². The molecule has 31 heavy (non-hydrogen) atoms. The van der Waals surface area contributed by atoms with Crippen LogP contribution in [0, 0.1) is 5.82 Å². The van der Waals surface area contributed by atoms with Crippen molar-refractivity contribution in [1.82, 2.24) is 5.43 Å². The standard InChI is InChI=1S/C23H18BrFN2O4/c1-15(30-18-12-8-17(24)9-13-18)22(28)27-26-14-16-6-10-19(11-7-16)31-23(29)20-4-2-3-5-21(20)25/h2-15H,1H3,(H,27,28)/b26-14-/t15-/m1/s1. The molecule has 3 aromatic rings. The van der Waals surface area contributed by atoms with Crippen molar-refractivity contribution in [3.05, 3.63) is 94.2 Å². The molecule has 158 valence electrons. The lowest BCUT2D eigenvalue weighted by molar-refractivity contribution is -0.127. The van der Waals surface area contributed by atoms with E-state index in [4.69, 9.17) is 9.47 Å². The second-order valence-corrected chi connectivity index (χ2v) is 7.30. The predicted octanol–water partition coefficient (Wildman–Crippen LogP) is 4.73. The summed E-state index contributed by atoms with van der Waals surface area (Å²) in [6, 6.07) is 19.1. The van der Waals surface area contributed by atoms with Gasteiger partial charge in [0.25, 0.3) is 5.91 Å². The molecule has 0 aliphatic heterocycles. The smallest absolute Gasteiger partial charge is 0.346 e. The summed E-state index contributed by atoms with van der Waals surface area (Å²) >= 11 is 3.33. The van der Waals surface area contributed by atoms with Crippen molar-refractivity contribution in [3.63, 3.8) is 0 Å². The SMILES string of the molecule is C[C@@H](Oc1ccc(Br)cc1)C(=O)N/N=C\c1ccc(OC(=O)c2ccccc2F)cc1. The number of amides is 1. The highest BCUT2D eigenvalue weighted by molar-refractivity contribution is 9.10. The van der Waals surface area contributed by atoms with E-state index in [9.17, 15) is 14.0 Å². The molecule has 0 aliphatic carbocycles. The molecule has 0 fully saturated rings. The largest absolute Gasteiger partial charge is 0.481 e. The van der Waals surface area contributed by atoms with E-state index >= 15 is 0 Å². The second kappa shape index (κ2) is 10.5. The van der Waals surface area contributed by atoms with E-state index in [1.54, 1.807) is 49.4 Å². The Morgan fingerprint density at radius 3 is 2.32 bits per heavy atom. The molecule has 1 amide bonds. The van der Waals surface area contributed by atoms with Crippen molar-refractivity contribution in [2.75, 3.05) is 0 Å². The van der Waals surface area contributed by atoms with Crippen LogP contribution in [-0.4, -0.2) is 24.2 Å². The Kier molecular flexibility index (Phi) is 7.50. The van der Waals surface area contributed by atoms with Gasteiger partial charge in [-0.15, -0.1) is 0 Å². The summed E-state index contributed by atoms with van der Waals surface area (Å²) in [5.41, 5.74) is 2.92. The molecule has 6 nitrogen and oxygen atoms in total. The summed E-state index contributed by atoms with van der Waals surface area (Å²) in [6.45, 7) is 1.62. The maximum absolute atomic E-state index is 13.6. The van der Waals surface area contributed by atoms with Gasteiger partial charge in [0.15, 0.2) is 6.10 Å². The van der Waals surface area contributed by atoms with Crippen LogP contribution in [0.3, 0.4) is 0 Å². The number of carbonyl (C=O) groups is 2. The van der Waals surface area contributed by atoms with Gasteiger partial charge < -0.3 is 9.47 Å². The van der Waals surface area contributed by atoms with Gasteiger partial charge in [0.2, 0.25) is 0 Å². The van der Waals surface area contributed by atoms with Gasteiger partial charge in [-0.05, 0) is 73.2 Å². The van der Waals surface area contributed by atoms with Gasteiger partial charge in [0.1, 0.15) is 17.3 Å². The number of ether oxygens (including phenoxy) is 2. The zero-order valence-corrected chi connectivity index (χ0v) is 18.0. The van der Waals surface area contributed by atoms with Crippen LogP contribution >= 0.6 is 15.9 Å². The van der Waals surface area contributed by atoms with E-state index in [0.29, 0.717) is 11.3 Å². The molecule has 0 saturated carbocycles. The lowest BCUT2D eigenvalue weighted by Crippen LogP contribution is -2.33. The van der Waals surface area contributed by atoms with Crippen molar-refractivity contribution in [2.24, 2.45) is 5.10 Å². The summed E-state index contributed by atoms with van der Waals surface area (Å²) in [5.74, 6) is -1.02. The number of hydrogen-bond acceptors (Lipinski definition) is 5. The molecular formula is C23H18BrFN2O4. The van der Waals surface area contributed by atoms with Crippen molar-refractivity contribution in [1.29, 1.82) is 0 Å². The zero-order valence-electron chi connectivity index (χ0n) is 16.4. The van der Waals surface area contributed by atoms with Gasteiger partial charge in [0, 0.05) is 4.47 Å². The van der Waals surface area contributed by atoms with Crippen LogP contribution in [0.15, 0.2) is 82.4 Å². The minimum atomic E-state index is -0.786. The molecule has 0 radical (unpaired) electrons. The van der Waals surface area contributed by atoms with Crippen LogP contribution in [-0.2, 0) is 4.79 Å². The number of halogens is 2. The highest BCUT2D eigenvalue weighted by Crippen LogP contribution is 2.17. The maximum Gasteiger partial charge on any atom is 0.346 e. The first kappa shape index (κ1) is 22.2. The predicted molar refractivity (Wildman–Crippen MR) is 118 cm³/mol. The number of hydrogen-bond donors (Lipinski definition) is 1. The summed E-state index contributed by atoms with van der Waals surface area (Å²) in [7, 11) is 0. The first-order valence-corrected chi connectivity index (χ1v) is 10.0. The van der Waals surface area contributed by atoms with Gasteiger partial charge in [0.05, 0.1) is 11.8 Å². The van der Waals surface area contributed by atoms with Gasteiger partial charge in [-0.3, -0.25) is 4.79 Å². The van der Waals surface area contributed by atoms with Crippen LogP contribution in [0.2, 0.25) is 0 Å². The van der Waals surface area contributed by atoms with Gasteiger partial charge in [-0.2, -0.15) is 5.10 Å². The number of carbonyl (C=O) groups excluding carboxylic acids is 2. The average Bonchev–Trinajstić information content (AvgIpc) is 2.76. The Balaban J connectivity index is 1.51. The molecule has 1 atom stereocenters. The molecule has 0 saturated heterocycles. The Bertz CT molecular complexity index is 1090. The summed E-state index contributed by atoms with van der Waals surface area (Å²) in [5, 5.41) is 3.90. The van der Waals surface area contributed by atoms with E-state index < -0.39 is 23.8 Å². The highest BCUT2D eigenvalue weighted by Gasteiger charge is 2.14. The van der Waals surface area contributed by atoms with Crippen molar-refractivity contribution < 1.29 is 23.5 Å². The molecule has 1 N–H and O–H groups in total. The summed E-state index contributed by atoms with van der Waals surface area (Å²) in [4.78, 5) is 24.1. The first-order valence-electron chi connectivity index (χ1n) is 9.24. The van der Waals surface area contributed by atoms with E-state index in [-0.39, 0.29) is 11.3 Å². The minimum Gasteiger partial charge on any atom is -0.481 e. The maximum atomic E-state index is 13.6. The number of rotatable bonds is 7. The van der Waals surface area contributed by atoms with Crippen LogP contribution in [0.1, 0.15) is 22.8 Å². The van der Waals surface area contributed by atoms with Crippen LogP contribution < -0.4 is 14.9 Å². The molecule has 0 aliphatic rings. The highest BCUT2D eigenvalue weighted by atomic mass is 79.9. The number of hydrazone groups is 1. The monoisotopic (exact) mass is 484 g/mol. The fourth-order valence-corrected chi connectivity index (χ4v) is 2.71. The van der Waals surface area contributed by atoms with Crippen LogP contribution in [0.4, 0.5) is 4.39 Å². The Hall–Kier alpha value is -3.52. The third kappa shape index (κ3) is 6.48. The number of esters is 1. The topological polar surface area (TPSA) is 77.0 Å². The Morgan fingerprint density at radius 1 is 1.00 bits per heavy atom. The van der Waals surface area contributed by atoms with E-state index in [1.807, 2.05) is 12.1 Å². The Labute approximate surface area is 186 Å². The fourth-order valence-electron chi connectivity index (χ4n) is 2.44. The molecular weight excluding hydrogens is 467 g/mol. The third-order valence-electron chi connectivity index (χ3n) is 4.07. The van der Waals surface area contributed by atoms with E-state index in [2.05, 4.69) is 26.5 Å². The minimum absolute atomic E-state index is 0.143. The first-order chi connectivity index (χ1) is 14.9. The van der Waals surface area contributed by atoms with Crippen LogP contribution in [0.5, 0.6) is 11.5 Å². The van der Waals surface area contributed by atoms with Crippen LogP contribution in [0.25, 0.3) is 0 Å². The average molecular weight is 485 g/mol. The van der Waals surface area contributed by atoms with Crippen molar-refractivity contribution >= 4 is 34.0 Å². The lowest BCUT2D eigenvalue weighted by atomic mass is 10.2. The zero-order chi connectivity index (χ0) is 22.2. The van der Waals surface area contributed by atoms with Gasteiger partial charge >= 0.3 is 5.97 Å². The molecule has 8 heteroatoms. The molecule has 0 aromatic heterocycles. The number of nitrogens with one attached hydrogen (secondary N) is 1. The molecule has 0 bridgehead atoms. The van der Waals surface area contributed by atoms with Crippen molar-refractivity contribution in [2.45, 2.75) is 13.0 Å². The third-order valence-corrected chi connectivity index (χ3v) is 4.60. The van der Waals surface area contributed by atoms with Crippen molar-refractivity contribution in [3.8, 4) is 11.5 Å². The van der Waals surface area contributed by atoms with E-state index in [0.717, 1.165) is 4.47 Å². The normalized spacial score (nSPS) is 11.7. The fraction of sp³-hybridized carbons (Fsp3) is 0.0870. The summed E-state index contributed by atoms with van der Waals surface area (Å²) in [6.07, 6.45) is 0.700. The molecule has 3 rings (SSSR count). The Morgan fingerprint density at radius 2 is 1.65 bits per heavy atom. The lowest BCUT2D eigenvalue weighted by Gasteiger charge is -2.12.